The minimum Gasteiger partial charge on any atom is -0.497 e. The smallest absolute Gasteiger partial charge is 0.123 e. The Morgan fingerprint density at radius 1 is 1.29 bits per heavy atom. The second-order valence-electron chi connectivity index (χ2n) is 4.65. The Kier molecular flexibility index (Phi) is 3.10. The molecule has 0 saturated carbocycles. The van der Waals surface area contributed by atoms with Crippen LogP contribution in [0.15, 0.2) is 49.2 Å². The maximum atomic E-state index is 13.1. The Labute approximate surface area is 121 Å². The summed E-state index contributed by atoms with van der Waals surface area (Å²) in [6, 6.07) is 9.76. The van der Waals surface area contributed by atoms with E-state index in [2.05, 4.69) is 11.7 Å². The number of pyridine rings is 1. The van der Waals surface area contributed by atoms with Crippen molar-refractivity contribution in [1.82, 2.24) is 9.61 Å². The summed E-state index contributed by atoms with van der Waals surface area (Å²) < 4.78 is 20.0. The van der Waals surface area contributed by atoms with Crippen LogP contribution in [-0.2, 0) is 0 Å². The highest BCUT2D eigenvalue weighted by molar-refractivity contribution is 5.87. The van der Waals surface area contributed by atoms with Crippen molar-refractivity contribution in [3.05, 3.63) is 60.6 Å². The summed E-state index contributed by atoms with van der Waals surface area (Å²) in [5.74, 6) is 0.410. The van der Waals surface area contributed by atoms with Crippen LogP contribution in [0.5, 0.6) is 5.75 Å². The summed E-state index contributed by atoms with van der Waals surface area (Å²) in [5, 5.41) is 4.51. The number of hydrogen-bond donors (Lipinski definition) is 1. The third kappa shape index (κ3) is 2.23. The van der Waals surface area contributed by atoms with Crippen LogP contribution in [0.2, 0.25) is 0 Å². The highest BCUT2D eigenvalue weighted by Gasteiger charge is 2.16. The third-order valence-electron chi connectivity index (χ3n) is 3.28. The summed E-state index contributed by atoms with van der Waals surface area (Å²) in [6.45, 7) is 3.82. The van der Waals surface area contributed by atoms with Gasteiger partial charge >= 0.3 is 0 Å². The summed E-state index contributed by atoms with van der Waals surface area (Å²) in [7, 11) is 1.60. The van der Waals surface area contributed by atoms with Crippen LogP contribution in [0.3, 0.4) is 0 Å². The van der Waals surface area contributed by atoms with Gasteiger partial charge in [0.25, 0.3) is 0 Å². The fourth-order valence-electron chi connectivity index (χ4n) is 2.28. The zero-order chi connectivity index (χ0) is 15.0. The molecule has 3 aromatic rings. The number of aromatic nitrogens is 2. The molecule has 2 N–H and O–H groups in total. The molecule has 0 amide bonds. The third-order valence-corrected chi connectivity index (χ3v) is 3.28. The van der Waals surface area contributed by atoms with Gasteiger partial charge in [-0.05, 0) is 30.3 Å². The van der Waals surface area contributed by atoms with Gasteiger partial charge in [-0.3, -0.25) is 0 Å². The van der Waals surface area contributed by atoms with Crippen LogP contribution >= 0.6 is 0 Å². The van der Waals surface area contributed by atoms with Gasteiger partial charge in [0.2, 0.25) is 0 Å². The maximum Gasteiger partial charge on any atom is 0.123 e. The SMILES string of the molecule is C=C(N)c1c(-c2ccc(F)cc2)nn2ccc(OC)cc12. The van der Waals surface area contributed by atoms with Crippen molar-refractivity contribution in [2.24, 2.45) is 5.73 Å². The minimum absolute atomic E-state index is 0.294. The van der Waals surface area contributed by atoms with Gasteiger partial charge in [0, 0.05) is 23.5 Å². The fraction of sp³-hybridized carbons (Fsp3) is 0.0625. The van der Waals surface area contributed by atoms with E-state index in [0.29, 0.717) is 17.1 Å². The van der Waals surface area contributed by atoms with E-state index in [0.717, 1.165) is 16.6 Å². The Bertz CT molecular complexity index is 821. The minimum atomic E-state index is -0.294. The number of halogens is 1. The van der Waals surface area contributed by atoms with Gasteiger partial charge in [-0.2, -0.15) is 5.10 Å². The zero-order valence-electron chi connectivity index (χ0n) is 11.5. The number of nitrogens with zero attached hydrogens (tertiary/aromatic N) is 2. The lowest BCUT2D eigenvalue weighted by Gasteiger charge is -2.03. The van der Waals surface area contributed by atoms with Gasteiger partial charge in [-0.1, -0.05) is 6.58 Å². The van der Waals surface area contributed by atoms with Crippen LogP contribution in [0, 0.1) is 5.82 Å². The first-order chi connectivity index (χ1) is 10.1. The lowest BCUT2D eigenvalue weighted by Crippen LogP contribution is -1.96. The highest BCUT2D eigenvalue weighted by Crippen LogP contribution is 2.30. The van der Waals surface area contributed by atoms with E-state index in [1.165, 1.54) is 12.1 Å². The van der Waals surface area contributed by atoms with Gasteiger partial charge in [0.15, 0.2) is 0 Å². The lowest BCUT2D eigenvalue weighted by molar-refractivity contribution is 0.414. The van der Waals surface area contributed by atoms with Crippen LogP contribution in [0.1, 0.15) is 5.56 Å². The predicted molar refractivity (Wildman–Crippen MR) is 80.4 cm³/mol. The first kappa shape index (κ1) is 13.2. The van der Waals surface area contributed by atoms with Crippen LogP contribution < -0.4 is 10.5 Å². The summed E-state index contributed by atoms with van der Waals surface area (Å²) in [5.41, 5.74) is 9.28. The molecule has 2 aromatic heterocycles. The average molecular weight is 283 g/mol. The van der Waals surface area contributed by atoms with Gasteiger partial charge < -0.3 is 10.5 Å². The van der Waals surface area contributed by atoms with E-state index < -0.39 is 0 Å². The van der Waals surface area contributed by atoms with E-state index in [9.17, 15) is 4.39 Å². The lowest BCUT2D eigenvalue weighted by atomic mass is 10.0. The van der Waals surface area contributed by atoms with Crippen LogP contribution in [-0.4, -0.2) is 16.7 Å². The Hall–Kier alpha value is -2.82. The number of hydrogen-bond acceptors (Lipinski definition) is 3. The first-order valence-electron chi connectivity index (χ1n) is 6.37. The molecule has 2 heterocycles. The van der Waals surface area contributed by atoms with Gasteiger partial charge in [-0.25, -0.2) is 8.91 Å². The molecule has 0 aliphatic rings. The van der Waals surface area contributed by atoms with E-state index in [1.807, 2.05) is 6.07 Å². The molecule has 106 valence electrons. The molecular weight excluding hydrogens is 269 g/mol. The normalized spacial score (nSPS) is 10.8. The molecular formula is C16H14FN3O. The molecule has 0 aliphatic heterocycles. The largest absolute Gasteiger partial charge is 0.497 e. The number of methoxy groups -OCH3 is 1. The summed E-state index contributed by atoms with van der Waals surface area (Å²) >= 11 is 0. The molecule has 0 radical (unpaired) electrons. The van der Waals surface area contributed by atoms with E-state index in [-0.39, 0.29) is 5.82 Å². The number of ether oxygens (including phenoxy) is 1. The molecule has 0 fully saturated rings. The Balaban J connectivity index is 2.29. The molecule has 0 saturated heterocycles. The maximum absolute atomic E-state index is 13.1. The average Bonchev–Trinajstić information content (AvgIpc) is 2.86. The van der Waals surface area contributed by atoms with Crippen LogP contribution in [0.4, 0.5) is 4.39 Å². The molecule has 0 bridgehead atoms. The fourth-order valence-corrected chi connectivity index (χ4v) is 2.28. The quantitative estimate of drug-likeness (QED) is 0.803. The molecule has 4 nitrogen and oxygen atoms in total. The van der Waals surface area contributed by atoms with Gasteiger partial charge in [0.1, 0.15) is 17.3 Å². The number of rotatable bonds is 3. The second kappa shape index (κ2) is 4.94. The molecule has 1 aromatic carbocycles. The van der Waals surface area contributed by atoms with E-state index >= 15 is 0 Å². The molecule has 0 atom stereocenters. The topological polar surface area (TPSA) is 52.5 Å². The molecule has 21 heavy (non-hydrogen) atoms. The second-order valence-corrected chi connectivity index (χ2v) is 4.65. The molecule has 0 spiro atoms. The molecule has 0 aliphatic carbocycles. The van der Waals surface area contributed by atoms with E-state index in [4.69, 9.17) is 10.5 Å². The standard InChI is InChI=1S/C16H14FN3O/c1-10(18)15-14-9-13(21-2)7-8-20(14)19-16(15)11-3-5-12(17)6-4-11/h3-9H,1,18H2,2H3. The van der Waals surface area contributed by atoms with E-state index in [1.54, 1.807) is 36.0 Å². The molecule has 3 rings (SSSR count). The Morgan fingerprint density at radius 2 is 2.00 bits per heavy atom. The number of benzene rings is 1. The predicted octanol–water partition coefficient (Wildman–Crippen LogP) is 3.08. The Morgan fingerprint density at radius 3 is 2.62 bits per heavy atom. The van der Waals surface area contributed by atoms with Crippen molar-refractivity contribution < 1.29 is 9.13 Å². The van der Waals surface area contributed by atoms with Crippen molar-refractivity contribution in [1.29, 1.82) is 0 Å². The number of nitrogens with two attached hydrogens (primary N) is 1. The number of fused-ring (bicyclic) bond motifs is 1. The molecule has 0 unspecified atom stereocenters. The summed E-state index contributed by atoms with van der Waals surface area (Å²) in [6.07, 6.45) is 1.79. The van der Waals surface area contributed by atoms with Crippen LogP contribution in [0.25, 0.3) is 22.5 Å². The first-order valence-corrected chi connectivity index (χ1v) is 6.37. The van der Waals surface area contributed by atoms with Crippen molar-refractivity contribution in [2.75, 3.05) is 7.11 Å². The zero-order valence-corrected chi connectivity index (χ0v) is 11.5. The van der Waals surface area contributed by atoms with Crippen molar-refractivity contribution >= 4 is 11.2 Å². The highest BCUT2D eigenvalue weighted by atomic mass is 19.1. The summed E-state index contributed by atoms with van der Waals surface area (Å²) in [4.78, 5) is 0. The van der Waals surface area contributed by atoms with Crippen molar-refractivity contribution in [3.8, 4) is 17.0 Å². The van der Waals surface area contributed by atoms with Crippen molar-refractivity contribution in [2.45, 2.75) is 0 Å². The molecule has 5 heteroatoms. The van der Waals surface area contributed by atoms with Gasteiger partial charge in [0.05, 0.1) is 18.2 Å². The monoisotopic (exact) mass is 283 g/mol. The van der Waals surface area contributed by atoms with Crippen molar-refractivity contribution in [3.63, 3.8) is 0 Å². The van der Waals surface area contributed by atoms with Gasteiger partial charge in [-0.15, -0.1) is 0 Å².